The Kier molecular flexibility index (Phi) is 9.04. The van der Waals surface area contributed by atoms with Crippen LogP contribution >= 0.6 is 0 Å². The molecule has 0 aliphatic rings. The van der Waals surface area contributed by atoms with Crippen molar-refractivity contribution in [3.63, 3.8) is 0 Å². The van der Waals surface area contributed by atoms with Gasteiger partial charge in [0.25, 0.3) is 10.0 Å². The summed E-state index contributed by atoms with van der Waals surface area (Å²) in [7, 11) is -1.26. The minimum Gasteiger partial charge on any atom is -0.494 e. The van der Waals surface area contributed by atoms with Crippen LogP contribution in [0.5, 0.6) is 17.2 Å². The molecule has 0 aliphatic heterocycles. The summed E-state index contributed by atoms with van der Waals surface area (Å²) in [6.07, 6.45) is 0. The molecule has 0 saturated heterocycles. The van der Waals surface area contributed by atoms with Crippen molar-refractivity contribution < 1.29 is 27.4 Å². The molecule has 1 amide bonds. The first kappa shape index (κ1) is 27.9. The maximum atomic E-state index is 13.9. The second kappa shape index (κ2) is 12.0. The fraction of sp³-hybridized carbons (Fsp3) is 0.321. The van der Waals surface area contributed by atoms with Crippen molar-refractivity contribution in [3.8, 4) is 17.2 Å². The quantitative estimate of drug-likeness (QED) is 0.361. The Balaban J connectivity index is 2.03. The van der Waals surface area contributed by atoms with Crippen molar-refractivity contribution >= 4 is 27.3 Å². The van der Waals surface area contributed by atoms with E-state index in [0.717, 1.165) is 15.4 Å². The second-order valence-electron chi connectivity index (χ2n) is 8.70. The molecule has 0 aromatic heterocycles. The molecular weight excluding hydrogens is 492 g/mol. The molecule has 0 bridgehead atoms. The zero-order valence-electron chi connectivity index (χ0n) is 22.1. The van der Waals surface area contributed by atoms with E-state index in [-0.39, 0.29) is 16.6 Å². The standard InChI is InChI=1S/C28H34N2O6S/c1-7-36-22-13-11-21(12-14-22)30(37(32,33)23-15-16-25(34-5)26(17-23)35-6)18-27(31)29-28-20(4)9-8-10-24(28)19(2)3/h8-17,19H,7,18H2,1-6H3,(H,29,31). The minimum absolute atomic E-state index is 0.0365. The molecule has 0 spiro atoms. The highest BCUT2D eigenvalue weighted by Gasteiger charge is 2.29. The lowest BCUT2D eigenvalue weighted by Crippen LogP contribution is -2.38. The van der Waals surface area contributed by atoms with Crippen molar-refractivity contribution in [3.05, 3.63) is 71.8 Å². The van der Waals surface area contributed by atoms with E-state index in [4.69, 9.17) is 14.2 Å². The number of hydrogen-bond acceptors (Lipinski definition) is 6. The van der Waals surface area contributed by atoms with E-state index < -0.39 is 22.5 Å². The lowest BCUT2D eigenvalue weighted by molar-refractivity contribution is -0.114. The number of methoxy groups -OCH3 is 2. The number of benzene rings is 3. The van der Waals surface area contributed by atoms with E-state index in [1.165, 1.54) is 32.4 Å². The van der Waals surface area contributed by atoms with Crippen LogP contribution in [0.1, 0.15) is 37.8 Å². The van der Waals surface area contributed by atoms with Crippen LogP contribution in [0, 0.1) is 6.92 Å². The number of hydrogen-bond donors (Lipinski definition) is 1. The zero-order chi connectivity index (χ0) is 27.2. The normalized spacial score (nSPS) is 11.2. The molecule has 3 rings (SSSR count). The molecule has 0 saturated carbocycles. The highest BCUT2D eigenvalue weighted by atomic mass is 32.2. The molecule has 0 radical (unpaired) electrons. The first-order chi connectivity index (χ1) is 17.6. The predicted octanol–water partition coefficient (Wildman–Crippen LogP) is 5.37. The van der Waals surface area contributed by atoms with Crippen LogP contribution in [0.4, 0.5) is 11.4 Å². The molecule has 9 heteroatoms. The molecule has 37 heavy (non-hydrogen) atoms. The molecule has 0 atom stereocenters. The molecule has 0 aliphatic carbocycles. The van der Waals surface area contributed by atoms with E-state index in [2.05, 4.69) is 5.32 Å². The van der Waals surface area contributed by atoms with E-state index in [1.807, 2.05) is 45.9 Å². The van der Waals surface area contributed by atoms with Crippen molar-refractivity contribution in [2.24, 2.45) is 0 Å². The highest BCUT2D eigenvalue weighted by Crippen LogP contribution is 2.33. The van der Waals surface area contributed by atoms with Crippen LogP contribution in [-0.2, 0) is 14.8 Å². The number of carbonyl (C=O) groups excluding carboxylic acids is 1. The molecule has 8 nitrogen and oxygen atoms in total. The summed E-state index contributed by atoms with van der Waals surface area (Å²) in [5, 5.41) is 2.94. The monoisotopic (exact) mass is 526 g/mol. The summed E-state index contributed by atoms with van der Waals surface area (Å²) in [5.74, 6) is 0.969. The number of ether oxygens (including phenoxy) is 3. The number of para-hydroxylation sites is 1. The predicted molar refractivity (Wildman–Crippen MR) is 146 cm³/mol. The largest absolute Gasteiger partial charge is 0.494 e. The zero-order valence-corrected chi connectivity index (χ0v) is 22.9. The van der Waals surface area contributed by atoms with Gasteiger partial charge in [0, 0.05) is 11.8 Å². The number of nitrogens with zero attached hydrogens (tertiary/aromatic N) is 1. The fourth-order valence-electron chi connectivity index (χ4n) is 3.95. The van der Waals surface area contributed by atoms with Crippen molar-refractivity contribution in [2.45, 2.75) is 38.5 Å². The van der Waals surface area contributed by atoms with Crippen molar-refractivity contribution in [1.82, 2.24) is 0 Å². The van der Waals surface area contributed by atoms with E-state index >= 15 is 0 Å². The Bertz CT molecular complexity index is 1340. The molecule has 198 valence electrons. The van der Waals surface area contributed by atoms with Gasteiger partial charge in [-0.2, -0.15) is 0 Å². The van der Waals surface area contributed by atoms with Crippen LogP contribution in [0.15, 0.2) is 65.6 Å². The molecular formula is C28H34N2O6S. The Morgan fingerprint density at radius 2 is 1.65 bits per heavy atom. The van der Waals surface area contributed by atoms with Gasteiger partial charge in [-0.25, -0.2) is 8.42 Å². The summed E-state index contributed by atoms with van der Waals surface area (Å²) in [6, 6.07) is 16.7. The number of anilines is 2. The van der Waals surface area contributed by atoms with Crippen LogP contribution in [0.3, 0.4) is 0 Å². The van der Waals surface area contributed by atoms with Gasteiger partial charge in [0.2, 0.25) is 5.91 Å². The Morgan fingerprint density at radius 3 is 2.24 bits per heavy atom. The third-order valence-corrected chi connectivity index (χ3v) is 7.63. The summed E-state index contributed by atoms with van der Waals surface area (Å²) < 4.78 is 44.8. The fourth-order valence-corrected chi connectivity index (χ4v) is 5.38. The second-order valence-corrected chi connectivity index (χ2v) is 10.6. The maximum absolute atomic E-state index is 13.9. The molecule has 0 heterocycles. The molecule has 0 unspecified atom stereocenters. The Hall–Kier alpha value is -3.72. The molecule has 3 aromatic carbocycles. The maximum Gasteiger partial charge on any atom is 0.264 e. The first-order valence-electron chi connectivity index (χ1n) is 12.0. The Morgan fingerprint density at radius 1 is 0.973 bits per heavy atom. The van der Waals surface area contributed by atoms with Gasteiger partial charge >= 0.3 is 0 Å². The lowest BCUT2D eigenvalue weighted by atomic mass is 9.98. The number of rotatable bonds is 11. The number of nitrogens with one attached hydrogen (secondary N) is 1. The number of aryl methyl sites for hydroxylation is 1. The van der Waals surface area contributed by atoms with Gasteiger partial charge < -0.3 is 19.5 Å². The van der Waals surface area contributed by atoms with Gasteiger partial charge in [-0.1, -0.05) is 32.0 Å². The smallest absolute Gasteiger partial charge is 0.264 e. The van der Waals surface area contributed by atoms with Crippen LogP contribution < -0.4 is 23.8 Å². The summed E-state index contributed by atoms with van der Waals surface area (Å²) in [5.41, 5.74) is 2.89. The highest BCUT2D eigenvalue weighted by molar-refractivity contribution is 7.92. The third kappa shape index (κ3) is 6.35. The van der Waals surface area contributed by atoms with Gasteiger partial charge in [0.05, 0.1) is 31.4 Å². The van der Waals surface area contributed by atoms with Crippen LogP contribution in [-0.4, -0.2) is 41.7 Å². The molecule has 1 N–H and O–H groups in total. The molecule has 3 aromatic rings. The summed E-state index contributed by atoms with van der Waals surface area (Å²) in [6.45, 7) is 7.89. The number of sulfonamides is 1. The summed E-state index contributed by atoms with van der Waals surface area (Å²) in [4.78, 5) is 13.3. The minimum atomic E-state index is -4.16. The van der Waals surface area contributed by atoms with Gasteiger partial charge in [-0.05, 0) is 67.3 Å². The first-order valence-corrected chi connectivity index (χ1v) is 13.4. The Labute approximate surface area is 219 Å². The van der Waals surface area contributed by atoms with Crippen molar-refractivity contribution in [2.75, 3.05) is 37.0 Å². The SMILES string of the molecule is CCOc1ccc(N(CC(=O)Nc2c(C)cccc2C(C)C)S(=O)(=O)c2ccc(OC)c(OC)c2)cc1. The topological polar surface area (TPSA) is 94.2 Å². The average molecular weight is 527 g/mol. The summed E-state index contributed by atoms with van der Waals surface area (Å²) >= 11 is 0. The van der Waals surface area contributed by atoms with Gasteiger partial charge in [0.15, 0.2) is 11.5 Å². The van der Waals surface area contributed by atoms with Gasteiger partial charge in [-0.15, -0.1) is 0 Å². The van der Waals surface area contributed by atoms with Crippen LogP contribution in [0.25, 0.3) is 0 Å². The number of carbonyl (C=O) groups is 1. The molecule has 0 fully saturated rings. The lowest BCUT2D eigenvalue weighted by Gasteiger charge is -2.25. The van der Waals surface area contributed by atoms with E-state index in [0.29, 0.717) is 29.5 Å². The van der Waals surface area contributed by atoms with Crippen molar-refractivity contribution in [1.29, 1.82) is 0 Å². The van der Waals surface area contributed by atoms with E-state index in [9.17, 15) is 13.2 Å². The average Bonchev–Trinajstić information content (AvgIpc) is 2.88. The van der Waals surface area contributed by atoms with Gasteiger partial charge in [0.1, 0.15) is 12.3 Å². The van der Waals surface area contributed by atoms with E-state index in [1.54, 1.807) is 24.3 Å². The van der Waals surface area contributed by atoms with Crippen LogP contribution in [0.2, 0.25) is 0 Å². The number of amides is 1. The third-order valence-electron chi connectivity index (χ3n) is 5.86. The van der Waals surface area contributed by atoms with Gasteiger partial charge in [-0.3, -0.25) is 9.10 Å².